The van der Waals surface area contributed by atoms with Crippen molar-refractivity contribution < 1.29 is 0 Å². The molecule has 41 valence electrons. The van der Waals surface area contributed by atoms with Crippen molar-refractivity contribution in [2.75, 3.05) is 0 Å². The average molecular weight is 125 g/mol. The van der Waals surface area contributed by atoms with Gasteiger partial charge in [-0.2, -0.15) is 0 Å². The Morgan fingerprint density at radius 3 is 3.00 bits per heavy atom. The van der Waals surface area contributed by atoms with Gasteiger partial charge in [0.1, 0.15) is 0 Å². The fourth-order valence-electron chi connectivity index (χ4n) is 0.674. The Hall–Kier alpha value is -0.440. The van der Waals surface area contributed by atoms with Gasteiger partial charge in [-0.05, 0) is 24.4 Å². The molecule has 8 heavy (non-hydrogen) atoms. The predicted molar refractivity (Wildman–Crippen MR) is 30.7 cm³/mol. The van der Waals surface area contributed by atoms with E-state index < -0.39 is 0 Å². The van der Waals surface area contributed by atoms with E-state index in [9.17, 15) is 0 Å². The van der Waals surface area contributed by atoms with Crippen LogP contribution in [-0.4, -0.2) is 9.59 Å². The molecule has 0 saturated heterocycles. The van der Waals surface area contributed by atoms with Crippen LogP contribution in [0.3, 0.4) is 0 Å². The van der Waals surface area contributed by atoms with Gasteiger partial charge in [-0.15, -0.1) is 5.10 Å². The molecule has 0 N–H and O–H groups in total. The van der Waals surface area contributed by atoms with Crippen molar-refractivity contribution in [2.24, 2.45) is 0 Å². The minimum Gasteiger partial charge on any atom is -0.142 e. The second kappa shape index (κ2) is 1.52. The highest BCUT2D eigenvalue weighted by atomic mass is 32.1. The number of nitrogens with zero attached hydrogens (tertiary/aromatic N) is 2. The third-order valence-electron chi connectivity index (χ3n) is 1.30. The molecule has 1 fully saturated rings. The highest BCUT2D eigenvalue weighted by Crippen LogP contribution is 2.38. The molecule has 1 aromatic heterocycles. The molecule has 1 aliphatic carbocycles. The first-order chi connectivity index (χ1) is 3.97. The molecule has 1 saturated carbocycles. The van der Waals surface area contributed by atoms with Gasteiger partial charge < -0.3 is 0 Å². The van der Waals surface area contributed by atoms with E-state index in [1.165, 1.54) is 24.4 Å². The number of hydrogen-bond donors (Lipinski definition) is 0. The zero-order valence-corrected chi connectivity index (χ0v) is 5.11. The molecule has 1 aromatic rings. The Morgan fingerprint density at radius 2 is 2.50 bits per heavy atom. The van der Waals surface area contributed by atoms with E-state index in [1.807, 2.05) is 0 Å². The average Bonchev–Trinajstić information content (AvgIpc) is 2.49. The molecule has 1 heterocycles. The standard InChI is InChI=1S/C5H5N2S/c1-2-4(1)5-3-8-7-6-5/h4H,1-2H2. The summed E-state index contributed by atoms with van der Waals surface area (Å²) in [6, 6.07) is 0. The molecule has 0 bridgehead atoms. The first-order valence-corrected chi connectivity index (χ1v) is 3.44. The molecule has 2 nitrogen and oxygen atoms in total. The van der Waals surface area contributed by atoms with Crippen LogP contribution < -0.4 is 0 Å². The second-order valence-electron chi connectivity index (χ2n) is 2.03. The van der Waals surface area contributed by atoms with Crippen molar-refractivity contribution in [1.82, 2.24) is 9.59 Å². The lowest BCUT2D eigenvalue weighted by Gasteiger charge is -1.77. The molecular formula is C5H5N2S. The molecule has 0 unspecified atom stereocenters. The van der Waals surface area contributed by atoms with Crippen molar-refractivity contribution in [3.8, 4) is 0 Å². The van der Waals surface area contributed by atoms with Crippen molar-refractivity contribution in [1.29, 1.82) is 0 Å². The van der Waals surface area contributed by atoms with Crippen LogP contribution in [0, 0.1) is 5.38 Å². The van der Waals surface area contributed by atoms with Gasteiger partial charge in [0, 0.05) is 5.92 Å². The van der Waals surface area contributed by atoms with Gasteiger partial charge in [0.2, 0.25) is 0 Å². The number of hydrogen-bond acceptors (Lipinski definition) is 3. The topological polar surface area (TPSA) is 25.8 Å². The van der Waals surface area contributed by atoms with Gasteiger partial charge in [-0.3, -0.25) is 0 Å². The van der Waals surface area contributed by atoms with Gasteiger partial charge in [0.05, 0.1) is 11.1 Å². The van der Waals surface area contributed by atoms with Crippen LogP contribution in [0.1, 0.15) is 24.5 Å². The van der Waals surface area contributed by atoms with Crippen LogP contribution in [0.15, 0.2) is 0 Å². The van der Waals surface area contributed by atoms with E-state index in [1.54, 1.807) is 0 Å². The quantitative estimate of drug-likeness (QED) is 0.564. The van der Waals surface area contributed by atoms with E-state index in [2.05, 4.69) is 15.0 Å². The maximum absolute atomic E-state index is 3.89. The molecule has 0 aliphatic heterocycles. The van der Waals surface area contributed by atoms with Crippen molar-refractivity contribution in [3.05, 3.63) is 11.1 Å². The lowest BCUT2D eigenvalue weighted by atomic mass is 10.3. The van der Waals surface area contributed by atoms with Gasteiger partial charge in [-0.1, -0.05) is 4.49 Å². The Balaban J connectivity index is 2.28. The summed E-state index contributed by atoms with van der Waals surface area (Å²) in [7, 11) is 0. The normalized spacial score (nSPS) is 19.0. The van der Waals surface area contributed by atoms with Crippen LogP contribution in [0.4, 0.5) is 0 Å². The van der Waals surface area contributed by atoms with Crippen LogP contribution >= 0.6 is 11.5 Å². The molecular weight excluding hydrogens is 120 g/mol. The zero-order valence-electron chi connectivity index (χ0n) is 4.29. The summed E-state index contributed by atoms with van der Waals surface area (Å²) < 4.78 is 3.72. The monoisotopic (exact) mass is 125 g/mol. The maximum Gasteiger partial charge on any atom is 0.0924 e. The Labute approximate surface area is 51.7 Å². The smallest absolute Gasteiger partial charge is 0.0924 e. The Kier molecular flexibility index (Phi) is 0.842. The molecule has 2 rings (SSSR count). The van der Waals surface area contributed by atoms with Crippen molar-refractivity contribution >= 4 is 11.5 Å². The fraction of sp³-hybridized carbons (Fsp3) is 0.600. The molecule has 0 spiro atoms. The molecule has 0 aromatic carbocycles. The molecule has 3 heteroatoms. The molecule has 1 radical (unpaired) electrons. The minimum absolute atomic E-state index is 0.716. The SMILES string of the molecule is [c]1snnc1C1CC1. The third kappa shape index (κ3) is 0.629. The van der Waals surface area contributed by atoms with Gasteiger partial charge in [-0.25, -0.2) is 0 Å². The summed E-state index contributed by atoms with van der Waals surface area (Å²) in [5.41, 5.74) is 1.08. The third-order valence-corrected chi connectivity index (χ3v) is 1.77. The van der Waals surface area contributed by atoms with Crippen molar-refractivity contribution in [2.45, 2.75) is 18.8 Å². The van der Waals surface area contributed by atoms with Gasteiger partial charge >= 0.3 is 0 Å². The highest BCUT2D eigenvalue weighted by molar-refractivity contribution is 7.02. The van der Waals surface area contributed by atoms with E-state index >= 15 is 0 Å². The summed E-state index contributed by atoms with van der Waals surface area (Å²) in [6.45, 7) is 0. The Morgan fingerprint density at radius 1 is 1.62 bits per heavy atom. The lowest BCUT2D eigenvalue weighted by molar-refractivity contribution is 0.978. The predicted octanol–water partition coefficient (Wildman–Crippen LogP) is 1.22. The summed E-state index contributed by atoms with van der Waals surface area (Å²) in [5.74, 6) is 0.716. The van der Waals surface area contributed by atoms with Gasteiger partial charge in [0.25, 0.3) is 0 Å². The second-order valence-corrected chi connectivity index (χ2v) is 2.58. The van der Waals surface area contributed by atoms with Crippen LogP contribution in [-0.2, 0) is 0 Å². The summed E-state index contributed by atoms with van der Waals surface area (Å²) >= 11 is 1.32. The molecule has 0 atom stereocenters. The first kappa shape index (κ1) is 4.44. The highest BCUT2D eigenvalue weighted by Gasteiger charge is 2.25. The minimum atomic E-state index is 0.716. The molecule has 0 amide bonds. The van der Waals surface area contributed by atoms with E-state index in [-0.39, 0.29) is 0 Å². The summed E-state index contributed by atoms with van der Waals surface area (Å²) in [6.07, 6.45) is 2.59. The Bertz CT molecular complexity index is 167. The van der Waals surface area contributed by atoms with Crippen LogP contribution in [0.5, 0.6) is 0 Å². The van der Waals surface area contributed by atoms with Crippen LogP contribution in [0.2, 0.25) is 0 Å². The lowest BCUT2D eigenvalue weighted by Crippen LogP contribution is -1.76. The fourth-order valence-corrected chi connectivity index (χ4v) is 1.14. The van der Waals surface area contributed by atoms with Crippen LogP contribution in [0.25, 0.3) is 0 Å². The van der Waals surface area contributed by atoms with Crippen molar-refractivity contribution in [3.63, 3.8) is 0 Å². The van der Waals surface area contributed by atoms with E-state index in [0.29, 0.717) is 5.92 Å². The zero-order chi connectivity index (χ0) is 5.40. The van der Waals surface area contributed by atoms with E-state index in [4.69, 9.17) is 0 Å². The van der Waals surface area contributed by atoms with E-state index in [0.717, 1.165) is 5.69 Å². The maximum atomic E-state index is 3.89. The number of rotatable bonds is 1. The molecule has 1 aliphatic rings. The summed E-state index contributed by atoms with van der Waals surface area (Å²) in [5, 5.41) is 6.91. The summed E-state index contributed by atoms with van der Waals surface area (Å²) in [4.78, 5) is 0. The number of aromatic nitrogens is 2. The van der Waals surface area contributed by atoms with Gasteiger partial charge in [0.15, 0.2) is 0 Å². The first-order valence-electron chi connectivity index (χ1n) is 2.67. The largest absolute Gasteiger partial charge is 0.142 e.